The summed E-state index contributed by atoms with van der Waals surface area (Å²) in [5, 5.41) is 4.56. The van der Waals surface area contributed by atoms with Gasteiger partial charge >= 0.3 is 0 Å². The molecule has 5 nitrogen and oxygen atoms in total. The third-order valence-corrected chi connectivity index (χ3v) is 3.42. The maximum Gasteiger partial charge on any atom is 0.156 e. The standard InChI is InChI=1S/C15H18N4O/c1-4-10-8-14(19(5-2)18-10)15-16-12-7-6-11(20-3)9-13(12)17-15/h6-9H,4-5H2,1-3H3,(H,16,17). The Morgan fingerprint density at radius 2 is 2.10 bits per heavy atom. The smallest absolute Gasteiger partial charge is 0.156 e. The molecular formula is C15H18N4O. The van der Waals surface area contributed by atoms with Crippen LogP contribution in [0.1, 0.15) is 19.5 Å². The number of nitrogens with zero attached hydrogens (tertiary/aromatic N) is 3. The quantitative estimate of drug-likeness (QED) is 0.792. The number of imidazole rings is 1. The van der Waals surface area contributed by atoms with E-state index >= 15 is 0 Å². The summed E-state index contributed by atoms with van der Waals surface area (Å²) in [5.41, 5.74) is 4.02. The molecule has 0 aliphatic carbocycles. The first-order chi connectivity index (χ1) is 9.75. The molecule has 1 N–H and O–H groups in total. The van der Waals surface area contributed by atoms with Gasteiger partial charge in [-0.3, -0.25) is 4.68 Å². The number of hydrogen-bond donors (Lipinski definition) is 1. The van der Waals surface area contributed by atoms with Gasteiger partial charge in [0.1, 0.15) is 11.4 Å². The van der Waals surface area contributed by atoms with E-state index in [-0.39, 0.29) is 0 Å². The van der Waals surface area contributed by atoms with Crippen molar-refractivity contribution in [2.75, 3.05) is 7.11 Å². The highest BCUT2D eigenvalue weighted by molar-refractivity contribution is 5.80. The van der Waals surface area contributed by atoms with Gasteiger partial charge in [-0.1, -0.05) is 6.92 Å². The van der Waals surface area contributed by atoms with Crippen molar-refractivity contribution in [3.63, 3.8) is 0 Å². The van der Waals surface area contributed by atoms with Gasteiger partial charge in [0.2, 0.25) is 0 Å². The maximum atomic E-state index is 5.24. The van der Waals surface area contributed by atoms with Gasteiger partial charge in [-0.2, -0.15) is 5.10 Å². The van der Waals surface area contributed by atoms with Gasteiger partial charge in [0.25, 0.3) is 0 Å². The lowest BCUT2D eigenvalue weighted by molar-refractivity contribution is 0.415. The minimum atomic E-state index is 0.825. The first-order valence-corrected chi connectivity index (χ1v) is 6.86. The summed E-state index contributed by atoms with van der Waals surface area (Å²) >= 11 is 0. The number of aryl methyl sites for hydroxylation is 2. The average molecular weight is 270 g/mol. The molecular weight excluding hydrogens is 252 g/mol. The van der Waals surface area contributed by atoms with Crippen molar-refractivity contribution >= 4 is 11.0 Å². The van der Waals surface area contributed by atoms with Crippen LogP contribution in [0.15, 0.2) is 24.3 Å². The van der Waals surface area contributed by atoms with Gasteiger partial charge in [-0.15, -0.1) is 0 Å². The Morgan fingerprint density at radius 1 is 1.25 bits per heavy atom. The highest BCUT2D eigenvalue weighted by atomic mass is 16.5. The Bertz CT molecular complexity index is 741. The summed E-state index contributed by atoms with van der Waals surface area (Å²) in [6.07, 6.45) is 0.925. The minimum Gasteiger partial charge on any atom is -0.497 e. The predicted molar refractivity (Wildman–Crippen MR) is 78.9 cm³/mol. The fourth-order valence-electron chi connectivity index (χ4n) is 2.31. The van der Waals surface area contributed by atoms with Crippen LogP contribution < -0.4 is 4.74 Å². The lowest BCUT2D eigenvalue weighted by Crippen LogP contribution is -2.00. The SMILES string of the molecule is CCc1cc(-c2nc3ccc(OC)cc3[nH]2)n(CC)n1. The molecule has 2 aromatic heterocycles. The van der Waals surface area contributed by atoms with Gasteiger partial charge in [-0.25, -0.2) is 4.98 Å². The van der Waals surface area contributed by atoms with Crippen LogP contribution in [0.4, 0.5) is 0 Å². The average Bonchev–Trinajstić information content (AvgIpc) is 3.09. The molecule has 0 radical (unpaired) electrons. The number of benzene rings is 1. The third kappa shape index (κ3) is 2.05. The molecule has 0 atom stereocenters. The zero-order chi connectivity index (χ0) is 14.1. The highest BCUT2D eigenvalue weighted by Gasteiger charge is 2.12. The molecule has 0 spiro atoms. The highest BCUT2D eigenvalue weighted by Crippen LogP contribution is 2.24. The van der Waals surface area contributed by atoms with E-state index in [1.165, 1.54) is 0 Å². The van der Waals surface area contributed by atoms with Crippen molar-refractivity contribution in [1.29, 1.82) is 0 Å². The molecule has 0 aliphatic rings. The second kappa shape index (κ2) is 5.00. The van der Waals surface area contributed by atoms with Crippen molar-refractivity contribution in [1.82, 2.24) is 19.7 Å². The second-order valence-corrected chi connectivity index (χ2v) is 4.66. The molecule has 104 valence electrons. The van der Waals surface area contributed by atoms with Gasteiger partial charge in [0.15, 0.2) is 5.82 Å². The molecule has 0 saturated heterocycles. The Morgan fingerprint density at radius 3 is 2.80 bits per heavy atom. The van der Waals surface area contributed by atoms with E-state index in [4.69, 9.17) is 4.74 Å². The van der Waals surface area contributed by atoms with Crippen LogP contribution >= 0.6 is 0 Å². The molecule has 5 heteroatoms. The van der Waals surface area contributed by atoms with Crippen molar-refractivity contribution in [3.05, 3.63) is 30.0 Å². The molecule has 3 rings (SSSR count). The van der Waals surface area contributed by atoms with E-state index < -0.39 is 0 Å². The molecule has 0 amide bonds. The van der Waals surface area contributed by atoms with Crippen molar-refractivity contribution < 1.29 is 4.74 Å². The Labute approximate surface area is 117 Å². The maximum absolute atomic E-state index is 5.24. The largest absolute Gasteiger partial charge is 0.497 e. The Balaban J connectivity index is 2.11. The van der Waals surface area contributed by atoms with Crippen LogP contribution in [-0.4, -0.2) is 26.9 Å². The predicted octanol–water partition coefficient (Wildman–Crippen LogP) is 3.02. The molecule has 0 bridgehead atoms. The zero-order valence-corrected chi connectivity index (χ0v) is 12.0. The van der Waals surface area contributed by atoms with Crippen LogP contribution in [0.2, 0.25) is 0 Å². The number of fused-ring (bicyclic) bond motifs is 1. The molecule has 0 saturated carbocycles. The summed E-state index contributed by atoms with van der Waals surface area (Å²) in [5.74, 6) is 1.67. The molecule has 0 unspecified atom stereocenters. The van der Waals surface area contributed by atoms with Crippen molar-refractivity contribution in [2.24, 2.45) is 0 Å². The topological polar surface area (TPSA) is 55.7 Å². The number of nitrogens with one attached hydrogen (secondary N) is 1. The normalized spacial score (nSPS) is 11.2. The molecule has 0 fully saturated rings. The number of aromatic amines is 1. The van der Waals surface area contributed by atoms with E-state index in [2.05, 4.69) is 35.0 Å². The molecule has 3 aromatic rings. The first kappa shape index (κ1) is 12.7. The van der Waals surface area contributed by atoms with Crippen molar-refractivity contribution in [3.8, 4) is 17.3 Å². The zero-order valence-electron chi connectivity index (χ0n) is 12.0. The summed E-state index contributed by atoms with van der Waals surface area (Å²) in [4.78, 5) is 7.99. The summed E-state index contributed by atoms with van der Waals surface area (Å²) in [6.45, 7) is 5.02. The van der Waals surface area contributed by atoms with E-state index in [1.54, 1.807) is 7.11 Å². The second-order valence-electron chi connectivity index (χ2n) is 4.66. The number of hydrogen-bond acceptors (Lipinski definition) is 3. The summed E-state index contributed by atoms with van der Waals surface area (Å²) in [7, 11) is 1.66. The number of ether oxygens (including phenoxy) is 1. The lowest BCUT2D eigenvalue weighted by atomic mass is 10.3. The molecule has 20 heavy (non-hydrogen) atoms. The number of methoxy groups -OCH3 is 1. The van der Waals surface area contributed by atoms with Crippen LogP contribution in [0.5, 0.6) is 5.75 Å². The van der Waals surface area contributed by atoms with E-state index in [9.17, 15) is 0 Å². The summed E-state index contributed by atoms with van der Waals surface area (Å²) < 4.78 is 7.22. The summed E-state index contributed by atoms with van der Waals surface area (Å²) in [6, 6.07) is 7.93. The van der Waals surface area contributed by atoms with E-state index in [1.807, 2.05) is 22.9 Å². The number of rotatable bonds is 4. The number of aromatic nitrogens is 4. The fraction of sp³-hybridized carbons (Fsp3) is 0.333. The third-order valence-electron chi connectivity index (χ3n) is 3.42. The number of H-pyrrole nitrogens is 1. The fourth-order valence-corrected chi connectivity index (χ4v) is 2.31. The van der Waals surface area contributed by atoms with Crippen molar-refractivity contribution in [2.45, 2.75) is 26.8 Å². The molecule has 0 aliphatic heterocycles. The van der Waals surface area contributed by atoms with Gasteiger partial charge < -0.3 is 9.72 Å². The minimum absolute atomic E-state index is 0.825. The van der Waals surface area contributed by atoms with Crippen LogP contribution in [-0.2, 0) is 13.0 Å². The lowest BCUT2D eigenvalue weighted by Gasteiger charge is -2.00. The Hall–Kier alpha value is -2.30. The Kier molecular flexibility index (Phi) is 3.18. The monoisotopic (exact) mass is 270 g/mol. The van der Waals surface area contributed by atoms with Crippen LogP contribution in [0.25, 0.3) is 22.6 Å². The van der Waals surface area contributed by atoms with Gasteiger partial charge in [0, 0.05) is 12.6 Å². The van der Waals surface area contributed by atoms with E-state index in [0.29, 0.717) is 0 Å². The van der Waals surface area contributed by atoms with Gasteiger partial charge in [0.05, 0.1) is 23.8 Å². The van der Waals surface area contributed by atoms with E-state index in [0.717, 1.165) is 47.0 Å². The van der Waals surface area contributed by atoms with Gasteiger partial charge in [-0.05, 0) is 31.5 Å². The molecule has 1 aromatic carbocycles. The molecule has 2 heterocycles. The van der Waals surface area contributed by atoms with Crippen LogP contribution in [0.3, 0.4) is 0 Å². The van der Waals surface area contributed by atoms with Crippen LogP contribution in [0, 0.1) is 0 Å². The first-order valence-electron chi connectivity index (χ1n) is 6.86.